The summed E-state index contributed by atoms with van der Waals surface area (Å²) in [7, 11) is 1.60. The molecule has 4 rings (SSSR count). The van der Waals surface area contributed by atoms with Crippen LogP contribution in [0, 0.1) is 0 Å². The quantitative estimate of drug-likeness (QED) is 0.506. The van der Waals surface area contributed by atoms with Crippen molar-refractivity contribution < 1.29 is 14.6 Å². The predicted octanol–water partition coefficient (Wildman–Crippen LogP) is 3.57. The van der Waals surface area contributed by atoms with Gasteiger partial charge in [-0.2, -0.15) is 5.10 Å². The minimum Gasteiger partial charge on any atom is -0.497 e. The van der Waals surface area contributed by atoms with Crippen molar-refractivity contribution in [1.29, 1.82) is 0 Å². The lowest BCUT2D eigenvalue weighted by Gasteiger charge is -2.15. The summed E-state index contributed by atoms with van der Waals surface area (Å²) in [6, 6.07) is 18.4. The molecule has 1 N–H and O–H groups in total. The van der Waals surface area contributed by atoms with Crippen molar-refractivity contribution in [3.8, 4) is 22.1 Å². The van der Waals surface area contributed by atoms with E-state index in [0.29, 0.717) is 11.1 Å². The molecular weight excluding hydrogens is 388 g/mol. The highest BCUT2D eigenvalue weighted by Gasteiger charge is 2.15. The van der Waals surface area contributed by atoms with Crippen LogP contribution in [0.5, 0.6) is 11.5 Å². The van der Waals surface area contributed by atoms with Crippen molar-refractivity contribution in [2.75, 3.05) is 13.7 Å². The topological polar surface area (TPSA) is 73.6 Å². The SMILES string of the molecule is COc1ccc(OCC(O)Cn2nc(-c3cccs3)c3ccccc3c2=O)cc1. The number of fused-ring (bicyclic) bond motifs is 1. The van der Waals surface area contributed by atoms with Crippen molar-refractivity contribution in [2.45, 2.75) is 12.6 Å². The minimum absolute atomic E-state index is 0.0399. The summed E-state index contributed by atoms with van der Waals surface area (Å²) in [5.74, 6) is 1.34. The Bertz CT molecular complexity index is 1150. The fourth-order valence-corrected chi connectivity index (χ4v) is 3.79. The van der Waals surface area contributed by atoms with E-state index in [4.69, 9.17) is 9.47 Å². The van der Waals surface area contributed by atoms with Gasteiger partial charge in [0.2, 0.25) is 0 Å². The second kappa shape index (κ2) is 8.46. The van der Waals surface area contributed by atoms with Crippen molar-refractivity contribution in [1.82, 2.24) is 9.78 Å². The number of hydrogen-bond donors (Lipinski definition) is 1. The largest absolute Gasteiger partial charge is 0.497 e. The summed E-state index contributed by atoms with van der Waals surface area (Å²) in [4.78, 5) is 13.8. The van der Waals surface area contributed by atoms with Gasteiger partial charge in [-0.05, 0) is 41.8 Å². The smallest absolute Gasteiger partial charge is 0.274 e. The summed E-state index contributed by atoms with van der Waals surface area (Å²) >= 11 is 1.56. The van der Waals surface area contributed by atoms with Gasteiger partial charge in [-0.1, -0.05) is 24.3 Å². The number of nitrogens with zero attached hydrogens (tertiary/aromatic N) is 2. The molecule has 1 unspecified atom stereocenters. The number of aliphatic hydroxyl groups excluding tert-OH is 1. The van der Waals surface area contributed by atoms with Gasteiger partial charge in [0.05, 0.1) is 23.9 Å². The number of ether oxygens (including phenoxy) is 2. The molecule has 0 saturated heterocycles. The zero-order valence-electron chi connectivity index (χ0n) is 15.8. The molecule has 0 bridgehead atoms. The molecule has 29 heavy (non-hydrogen) atoms. The van der Waals surface area contributed by atoms with E-state index >= 15 is 0 Å². The van der Waals surface area contributed by atoms with Crippen LogP contribution in [0.15, 0.2) is 70.8 Å². The Morgan fingerprint density at radius 2 is 1.76 bits per heavy atom. The maximum absolute atomic E-state index is 12.9. The van der Waals surface area contributed by atoms with Gasteiger partial charge in [-0.3, -0.25) is 4.79 Å². The van der Waals surface area contributed by atoms with Crippen LogP contribution in [0.2, 0.25) is 0 Å². The lowest BCUT2D eigenvalue weighted by Crippen LogP contribution is -2.32. The van der Waals surface area contributed by atoms with Gasteiger partial charge in [0, 0.05) is 5.39 Å². The first-order chi connectivity index (χ1) is 14.2. The van der Waals surface area contributed by atoms with Crippen LogP contribution in [0.25, 0.3) is 21.3 Å². The molecule has 0 amide bonds. The number of benzene rings is 2. The van der Waals surface area contributed by atoms with Crippen molar-refractivity contribution in [3.63, 3.8) is 0 Å². The van der Waals surface area contributed by atoms with E-state index in [9.17, 15) is 9.90 Å². The normalized spacial score (nSPS) is 12.1. The summed E-state index contributed by atoms with van der Waals surface area (Å²) < 4.78 is 12.1. The third-order valence-corrected chi connectivity index (χ3v) is 5.38. The van der Waals surface area contributed by atoms with Gasteiger partial charge < -0.3 is 14.6 Å². The van der Waals surface area contributed by atoms with Crippen LogP contribution in [0.4, 0.5) is 0 Å². The lowest BCUT2D eigenvalue weighted by molar-refractivity contribution is 0.0882. The molecule has 0 saturated carbocycles. The molecule has 0 radical (unpaired) electrons. The number of aromatic nitrogens is 2. The Balaban J connectivity index is 1.57. The third kappa shape index (κ3) is 4.16. The zero-order chi connectivity index (χ0) is 20.2. The van der Waals surface area contributed by atoms with Crippen molar-refractivity contribution in [3.05, 3.63) is 76.4 Å². The van der Waals surface area contributed by atoms with Gasteiger partial charge in [-0.25, -0.2) is 4.68 Å². The van der Waals surface area contributed by atoms with Crippen LogP contribution in [0.1, 0.15) is 0 Å². The molecular formula is C22H20N2O4S. The van der Waals surface area contributed by atoms with Gasteiger partial charge in [0.1, 0.15) is 29.9 Å². The summed E-state index contributed by atoms with van der Waals surface area (Å²) in [6.07, 6.45) is -0.889. The summed E-state index contributed by atoms with van der Waals surface area (Å²) in [6.45, 7) is 0.0831. The Morgan fingerprint density at radius 1 is 1.03 bits per heavy atom. The second-order valence-electron chi connectivity index (χ2n) is 6.50. The molecule has 0 fully saturated rings. The lowest BCUT2D eigenvalue weighted by atomic mass is 10.1. The van der Waals surface area contributed by atoms with Crippen LogP contribution in [-0.4, -0.2) is 34.7 Å². The van der Waals surface area contributed by atoms with Crippen LogP contribution in [-0.2, 0) is 6.54 Å². The Hall–Kier alpha value is -3.16. The number of rotatable bonds is 7. The number of thiophene rings is 1. The van der Waals surface area contributed by atoms with Gasteiger partial charge in [-0.15, -0.1) is 11.3 Å². The van der Waals surface area contributed by atoms with Crippen molar-refractivity contribution >= 4 is 22.1 Å². The maximum Gasteiger partial charge on any atom is 0.274 e. The predicted molar refractivity (Wildman–Crippen MR) is 114 cm³/mol. The van der Waals surface area contributed by atoms with Gasteiger partial charge in [0.25, 0.3) is 5.56 Å². The van der Waals surface area contributed by atoms with E-state index in [-0.39, 0.29) is 18.7 Å². The van der Waals surface area contributed by atoms with E-state index in [1.54, 1.807) is 48.8 Å². The van der Waals surface area contributed by atoms with Crippen molar-refractivity contribution in [2.24, 2.45) is 0 Å². The monoisotopic (exact) mass is 408 g/mol. The molecule has 2 aromatic carbocycles. The first-order valence-corrected chi connectivity index (χ1v) is 10.0. The molecule has 7 heteroatoms. The Morgan fingerprint density at radius 3 is 2.45 bits per heavy atom. The van der Waals surface area contributed by atoms with E-state index in [1.165, 1.54) is 4.68 Å². The van der Waals surface area contributed by atoms with Crippen LogP contribution < -0.4 is 15.0 Å². The number of hydrogen-bond acceptors (Lipinski definition) is 6. The Labute approximate surface area is 171 Å². The van der Waals surface area contributed by atoms with E-state index in [0.717, 1.165) is 21.7 Å². The molecule has 1 atom stereocenters. The van der Waals surface area contributed by atoms with Crippen LogP contribution >= 0.6 is 11.3 Å². The summed E-state index contributed by atoms with van der Waals surface area (Å²) in [5, 5.41) is 18.3. The van der Waals surface area contributed by atoms with E-state index in [1.807, 2.05) is 35.7 Å². The van der Waals surface area contributed by atoms with Gasteiger partial charge >= 0.3 is 0 Å². The van der Waals surface area contributed by atoms with Gasteiger partial charge in [0.15, 0.2) is 0 Å². The molecule has 0 aliphatic carbocycles. The first-order valence-electron chi connectivity index (χ1n) is 9.14. The molecule has 6 nitrogen and oxygen atoms in total. The molecule has 148 valence electrons. The fraction of sp³-hybridized carbons (Fsp3) is 0.182. The molecule has 0 aliphatic heterocycles. The number of methoxy groups -OCH3 is 1. The highest BCUT2D eigenvalue weighted by molar-refractivity contribution is 7.13. The molecule has 0 spiro atoms. The molecule has 0 aliphatic rings. The third-order valence-electron chi connectivity index (χ3n) is 4.51. The average Bonchev–Trinajstić information content (AvgIpc) is 3.29. The minimum atomic E-state index is -0.889. The number of aliphatic hydroxyl groups is 1. The zero-order valence-corrected chi connectivity index (χ0v) is 16.6. The highest BCUT2D eigenvalue weighted by atomic mass is 32.1. The summed E-state index contributed by atoms with van der Waals surface area (Å²) in [5.41, 5.74) is 0.503. The standard InChI is InChI=1S/C22H20N2O4S/c1-27-16-8-10-17(11-9-16)28-14-15(25)13-24-22(26)19-6-3-2-5-18(19)21(23-24)20-7-4-12-29-20/h2-12,15,25H,13-14H2,1H3. The first kappa shape index (κ1) is 19.2. The molecule has 2 heterocycles. The molecule has 4 aromatic rings. The second-order valence-corrected chi connectivity index (χ2v) is 7.45. The molecule has 2 aromatic heterocycles. The highest BCUT2D eigenvalue weighted by Crippen LogP contribution is 2.28. The Kier molecular flexibility index (Phi) is 5.59. The average molecular weight is 408 g/mol. The van der Waals surface area contributed by atoms with E-state index in [2.05, 4.69) is 5.10 Å². The fourth-order valence-electron chi connectivity index (χ4n) is 3.07. The maximum atomic E-state index is 12.9. The van der Waals surface area contributed by atoms with E-state index < -0.39 is 6.10 Å². The van der Waals surface area contributed by atoms with Crippen LogP contribution in [0.3, 0.4) is 0 Å².